The van der Waals surface area contributed by atoms with Gasteiger partial charge in [-0.05, 0) is 59.7 Å². The van der Waals surface area contributed by atoms with Crippen molar-refractivity contribution in [2.75, 3.05) is 7.11 Å². The Kier molecular flexibility index (Phi) is 7.88. The molecule has 0 radical (unpaired) electrons. The number of nitro groups is 1. The van der Waals surface area contributed by atoms with Crippen LogP contribution in [0.1, 0.15) is 26.4 Å². The highest BCUT2D eigenvalue weighted by Crippen LogP contribution is 2.34. The van der Waals surface area contributed by atoms with Gasteiger partial charge in [-0.2, -0.15) is 5.10 Å². The number of hydrogen-bond acceptors (Lipinski definition) is 7. The van der Waals surface area contributed by atoms with Gasteiger partial charge in [0, 0.05) is 33.1 Å². The van der Waals surface area contributed by atoms with Crippen LogP contribution in [0.4, 0.5) is 5.69 Å². The molecule has 0 aliphatic carbocycles. The summed E-state index contributed by atoms with van der Waals surface area (Å²) in [5, 5.41) is 15.8. The first-order valence-electron chi connectivity index (χ1n) is 12.2. The minimum Gasteiger partial charge on any atom is -0.493 e. The number of nitro benzene ring substituents is 1. The van der Waals surface area contributed by atoms with Crippen LogP contribution in [0.3, 0.4) is 0 Å². The van der Waals surface area contributed by atoms with E-state index < -0.39 is 16.8 Å². The molecule has 5 aromatic rings. The summed E-state index contributed by atoms with van der Waals surface area (Å²) in [4.78, 5) is 39.2. The number of hydrazone groups is 1. The molecular formula is C30H21BrN4O6. The summed E-state index contributed by atoms with van der Waals surface area (Å²) >= 11 is 3.50. The molecule has 0 spiro atoms. The third kappa shape index (κ3) is 5.99. The van der Waals surface area contributed by atoms with E-state index >= 15 is 0 Å². The van der Waals surface area contributed by atoms with Crippen LogP contribution in [0.2, 0.25) is 0 Å². The number of nitrogens with one attached hydrogen (secondary N) is 2. The number of nitrogens with zero attached hydrogens (tertiary/aromatic N) is 2. The molecule has 11 heteroatoms. The van der Waals surface area contributed by atoms with E-state index in [9.17, 15) is 19.7 Å². The molecule has 1 aromatic heterocycles. The number of benzene rings is 4. The highest BCUT2D eigenvalue weighted by atomic mass is 79.9. The van der Waals surface area contributed by atoms with Gasteiger partial charge in [-0.3, -0.25) is 14.9 Å². The van der Waals surface area contributed by atoms with E-state index in [1.165, 1.54) is 43.7 Å². The number of amides is 1. The molecule has 204 valence electrons. The molecule has 41 heavy (non-hydrogen) atoms. The number of H-pyrrole nitrogens is 1. The fourth-order valence-electron chi connectivity index (χ4n) is 4.19. The van der Waals surface area contributed by atoms with Crippen LogP contribution < -0.4 is 14.9 Å². The Hall–Kier alpha value is -5.29. The number of fused-ring (bicyclic) bond motifs is 1. The number of non-ortho nitro benzene ring substituents is 1. The van der Waals surface area contributed by atoms with Crippen molar-refractivity contribution in [3.05, 3.63) is 122 Å². The molecule has 0 saturated heterocycles. The molecule has 4 aromatic carbocycles. The summed E-state index contributed by atoms with van der Waals surface area (Å²) in [6, 6.07) is 25.2. The van der Waals surface area contributed by atoms with Crippen molar-refractivity contribution in [3.63, 3.8) is 0 Å². The zero-order valence-electron chi connectivity index (χ0n) is 21.5. The van der Waals surface area contributed by atoms with E-state index in [1.807, 2.05) is 48.5 Å². The first kappa shape index (κ1) is 27.3. The number of rotatable bonds is 8. The van der Waals surface area contributed by atoms with E-state index in [1.54, 1.807) is 12.1 Å². The third-order valence-electron chi connectivity index (χ3n) is 6.13. The number of carbonyl (C=O) groups excluding carboxylic acids is 2. The zero-order chi connectivity index (χ0) is 28.9. The Morgan fingerprint density at radius 3 is 2.44 bits per heavy atom. The largest absolute Gasteiger partial charge is 0.493 e. The topological polar surface area (TPSA) is 136 Å². The van der Waals surface area contributed by atoms with E-state index in [2.05, 4.69) is 31.4 Å². The Labute approximate surface area is 241 Å². The lowest BCUT2D eigenvalue weighted by Gasteiger charge is -2.10. The van der Waals surface area contributed by atoms with Crippen LogP contribution in [-0.2, 0) is 0 Å². The molecule has 2 N–H and O–H groups in total. The molecule has 1 heterocycles. The quantitative estimate of drug-likeness (QED) is 0.0675. The lowest BCUT2D eigenvalue weighted by atomic mass is 10.0. The van der Waals surface area contributed by atoms with Crippen molar-refractivity contribution in [3.8, 4) is 22.6 Å². The molecule has 0 aliphatic rings. The molecule has 0 saturated carbocycles. The van der Waals surface area contributed by atoms with Crippen molar-refractivity contribution in [2.24, 2.45) is 5.10 Å². The molecule has 0 fully saturated rings. The van der Waals surface area contributed by atoms with Gasteiger partial charge in [0.15, 0.2) is 11.5 Å². The molecule has 5 rings (SSSR count). The van der Waals surface area contributed by atoms with Gasteiger partial charge >= 0.3 is 5.97 Å². The normalized spacial score (nSPS) is 11.0. The van der Waals surface area contributed by atoms with Gasteiger partial charge in [0.05, 0.1) is 23.8 Å². The summed E-state index contributed by atoms with van der Waals surface area (Å²) in [7, 11) is 1.42. The second kappa shape index (κ2) is 11.8. The Morgan fingerprint density at radius 2 is 1.73 bits per heavy atom. The molecule has 0 aliphatic heterocycles. The fourth-order valence-corrected chi connectivity index (χ4v) is 4.55. The van der Waals surface area contributed by atoms with Crippen molar-refractivity contribution in [1.82, 2.24) is 10.4 Å². The first-order valence-corrected chi connectivity index (χ1v) is 13.0. The van der Waals surface area contributed by atoms with E-state index in [0.717, 1.165) is 26.5 Å². The number of carbonyl (C=O) groups is 2. The van der Waals surface area contributed by atoms with Crippen molar-refractivity contribution >= 4 is 50.6 Å². The van der Waals surface area contributed by atoms with Gasteiger partial charge in [-0.1, -0.05) is 46.3 Å². The van der Waals surface area contributed by atoms with Crippen LogP contribution >= 0.6 is 15.9 Å². The maximum Gasteiger partial charge on any atom is 0.343 e. The number of ether oxygens (including phenoxy) is 2. The van der Waals surface area contributed by atoms with Crippen LogP contribution in [0.15, 0.2) is 101 Å². The van der Waals surface area contributed by atoms with Crippen LogP contribution in [-0.4, -0.2) is 35.1 Å². The minimum atomic E-state index is -0.702. The third-order valence-corrected chi connectivity index (χ3v) is 6.63. The Morgan fingerprint density at radius 1 is 0.976 bits per heavy atom. The first-order chi connectivity index (χ1) is 19.8. The second-order valence-electron chi connectivity index (χ2n) is 8.73. The van der Waals surface area contributed by atoms with Gasteiger partial charge in [0.1, 0.15) is 5.69 Å². The Balaban J connectivity index is 1.32. The standard InChI is InChI=1S/C30H21BrN4O6/c1-40-26-15-18(7-14-25(26)41-30(37)20-8-11-22(12-9-20)35(38)39)17-32-34-29(36)28-27(19-5-3-2-4-6-19)23-16-21(31)10-13-24(23)33-28/h2-17,33H,1H3,(H,34,36). The van der Waals surface area contributed by atoms with E-state index in [4.69, 9.17) is 9.47 Å². The second-order valence-corrected chi connectivity index (χ2v) is 9.65. The van der Waals surface area contributed by atoms with Gasteiger partial charge < -0.3 is 14.5 Å². The van der Waals surface area contributed by atoms with E-state index in [-0.39, 0.29) is 22.7 Å². The van der Waals surface area contributed by atoms with E-state index in [0.29, 0.717) is 11.3 Å². The van der Waals surface area contributed by atoms with Crippen molar-refractivity contribution < 1.29 is 24.0 Å². The monoisotopic (exact) mass is 612 g/mol. The highest BCUT2D eigenvalue weighted by Gasteiger charge is 2.19. The lowest BCUT2D eigenvalue weighted by Crippen LogP contribution is -2.18. The van der Waals surface area contributed by atoms with Crippen LogP contribution in [0.5, 0.6) is 11.5 Å². The lowest BCUT2D eigenvalue weighted by molar-refractivity contribution is -0.384. The zero-order valence-corrected chi connectivity index (χ0v) is 23.0. The van der Waals surface area contributed by atoms with Gasteiger partial charge in [0.2, 0.25) is 0 Å². The maximum absolute atomic E-state index is 13.2. The summed E-state index contributed by atoms with van der Waals surface area (Å²) in [6.07, 6.45) is 1.43. The summed E-state index contributed by atoms with van der Waals surface area (Å²) in [5.41, 5.74) is 5.97. The Bertz CT molecular complexity index is 1800. The van der Waals surface area contributed by atoms with Crippen molar-refractivity contribution in [2.45, 2.75) is 0 Å². The SMILES string of the molecule is COc1cc(C=NNC(=O)c2[nH]c3ccc(Br)cc3c2-c2ccccc2)ccc1OC(=O)c1ccc([N+](=O)[O-])cc1. The smallest absolute Gasteiger partial charge is 0.343 e. The maximum atomic E-state index is 13.2. The fraction of sp³-hybridized carbons (Fsp3) is 0.0333. The minimum absolute atomic E-state index is 0.135. The number of aromatic nitrogens is 1. The summed E-state index contributed by atoms with van der Waals surface area (Å²) in [6.45, 7) is 0. The van der Waals surface area contributed by atoms with Gasteiger partial charge in [0.25, 0.3) is 11.6 Å². The predicted octanol–water partition coefficient (Wildman–Crippen LogP) is 6.50. The summed E-state index contributed by atoms with van der Waals surface area (Å²) in [5.74, 6) is -0.726. The molecule has 0 bridgehead atoms. The number of methoxy groups -OCH3 is 1. The number of halogens is 1. The molecular weight excluding hydrogens is 592 g/mol. The van der Waals surface area contributed by atoms with Gasteiger partial charge in [-0.15, -0.1) is 0 Å². The van der Waals surface area contributed by atoms with Crippen LogP contribution in [0.25, 0.3) is 22.0 Å². The average Bonchev–Trinajstić information content (AvgIpc) is 3.37. The molecule has 1 amide bonds. The number of esters is 1. The highest BCUT2D eigenvalue weighted by molar-refractivity contribution is 9.10. The van der Waals surface area contributed by atoms with Crippen molar-refractivity contribution in [1.29, 1.82) is 0 Å². The molecule has 0 atom stereocenters. The van der Waals surface area contributed by atoms with Crippen LogP contribution in [0, 0.1) is 10.1 Å². The molecule has 10 nitrogen and oxygen atoms in total. The predicted molar refractivity (Wildman–Crippen MR) is 158 cm³/mol. The molecule has 0 unspecified atom stereocenters. The summed E-state index contributed by atoms with van der Waals surface area (Å²) < 4.78 is 11.7. The van der Waals surface area contributed by atoms with Gasteiger partial charge in [-0.25, -0.2) is 10.2 Å². The number of hydrogen-bond donors (Lipinski definition) is 2. The average molecular weight is 613 g/mol. The number of aromatic amines is 1.